The first kappa shape index (κ1) is 16.8. The van der Waals surface area contributed by atoms with Crippen molar-refractivity contribution in [2.75, 3.05) is 24.7 Å². The van der Waals surface area contributed by atoms with Crippen LogP contribution in [0.2, 0.25) is 0 Å². The first-order chi connectivity index (χ1) is 10.0. The Kier molecular flexibility index (Phi) is 7.02. The quantitative estimate of drug-likeness (QED) is 0.395. The van der Waals surface area contributed by atoms with Gasteiger partial charge in [0.05, 0.1) is 10.7 Å². The minimum atomic E-state index is -0.911. The fourth-order valence-corrected chi connectivity index (χ4v) is 1.91. The highest BCUT2D eigenvalue weighted by Crippen LogP contribution is 2.25. The summed E-state index contributed by atoms with van der Waals surface area (Å²) in [5.74, 6) is -0.875. The van der Waals surface area contributed by atoms with Crippen molar-refractivity contribution in [2.24, 2.45) is 0 Å². The molecule has 0 saturated heterocycles. The molecular weight excluding hydrogens is 300 g/mol. The fourth-order valence-electron chi connectivity index (χ4n) is 1.35. The van der Waals surface area contributed by atoms with E-state index in [1.165, 1.54) is 30.0 Å². The first-order valence-corrected chi connectivity index (χ1v) is 7.08. The molecule has 1 aromatic carbocycles. The maximum atomic E-state index is 11.5. The topological polar surface area (TPSA) is 119 Å². The van der Waals surface area contributed by atoms with Crippen LogP contribution in [0.3, 0.4) is 0 Å². The lowest BCUT2D eigenvalue weighted by atomic mass is 10.3. The summed E-state index contributed by atoms with van der Waals surface area (Å²) in [4.78, 5) is 31.9. The third kappa shape index (κ3) is 6.61. The number of nitro benzene ring substituents is 1. The number of amides is 1. The average Bonchev–Trinajstić information content (AvgIpc) is 2.44. The lowest BCUT2D eigenvalue weighted by Crippen LogP contribution is -2.30. The van der Waals surface area contributed by atoms with Crippen LogP contribution in [0.5, 0.6) is 5.75 Å². The molecule has 114 valence electrons. The van der Waals surface area contributed by atoms with Gasteiger partial charge in [0, 0.05) is 18.4 Å². The van der Waals surface area contributed by atoms with Gasteiger partial charge in [-0.25, -0.2) is 0 Å². The van der Waals surface area contributed by atoms with Gasteiger partial charge in [-0.2, -0.15) is 0 Å². The molecule has 0 heterocycles. The van der Waals surface area contributed by atoms with Gasteiger partial charge in [-0.15, -0.1) is 11.8 Å². The van der Waals surface area contributed by atoms with Crippen molar-refractivity contribution in [1.29, 1.82) is 0 Å². The van der Waals surface area contributed by atoms with Crippen LogP contribution >= 0.6 is 11.8 Å². The summed E-state index contributed by atoms with van der Waals surface area (Å²) in [5.41, 5.74) is -0.206. The van der Waals surface area contributed by atoms with Crippen molar-refractivity contribution >= 4 is 29.3 Å². The normalized spacial score (nSPS) is 9.90. The molecule has 1 amide bonds. The van der Waals surface area contributed by atoms with Crippen molar-refractivity contribution in [3.8, 4) is 5.75 Å². The lowest BCUT2D eigenvalue weighted by Gasteiger charge is -2.07. The number of carboxylic acid groups (broad SMARTS) is 1. The maximum absolute atomic E-state index is 11.5. The van der Waals surface area contributed by atoms with Gasteiger partial charge in [-0.3, -0.25) is 19.7 Å². The predicted molar refractivity (Wildman–Crippen MR) is 76.6 cm³/mol. The van der Waals surface area contributed by atoms with E-state index in [1.54, 1.807) is 6.07 Å². The monoisotopic (exact) mass is 314 g/mol. The van der Waals surface area contributed by atoms with Gasteiger partial charge in [-0.1, -0.05) is 12.1 Å². The second-order valence-corrected chi connectivity index (χ2v) is 4.91. The van der Waals surface area contributed by atoms with E-state index >= 15 is 0 Å². The highest BCUT2D eigenvalue weighted by molar-refractivity contribution is 7.99. The number of benzene rings is 1. The van der Waals surface area contributed by atoms with Crippen LogP contribution in [-0.4, -0.2) is 46.6 Å². The largest absolute Gasteiger partial charge is 0.481 e. The Bertz CT molecular complexity index is 522. The van der Waals surface area contributed by atoms with Crippen molar-refractivity contribution in [3.05, 3.63) is 34.4 Å². The number of hydrogen-bond acceptors (Lipinski definition) is 6. The number of carboxylic acids is 1. The lowest BCUT2D eigenvalue weighted by molar-refractivity contribution is -0.385. The van der Waals surface area contributed by atoms with Crippen LogP contribution < -0.4 is 10.1 Å². The van der Waals surface area contributed by atoms with Gasteiger partial charge in [-0.05, 0) is 6.07 Å². The maximum Gasteiger partial charge on any atom is 0.313 e. The Balaban J connectivity index is 2.30. The molecular formula is C12H14N2O6S. The number of nitrogens with zero attached hydrogens (tertiary/aromatic N) is 1. The Labute approximate surface area is 124 Å². The second-order valence-electron chi connectivity index (χ2n) is 3.81. The molecule has 8 nitrogen and oxygen atoms in total. The number of carbonyl (C=O) groups excluding carboxylic acids is 1. The van der Waals surface area contributed by atoms with Crippen molar-refractivity contribution in [3.63, 3.8) is 0 Å². The summed E-state index contributed by atoms with van der Waals surface area (Å²) < 4.78 is 5.10. The summed E-state index contributed by atoms with van der Waals surface area (Å²) in [7, 11) is 0. The summed E-state index contributed by atoms with van der Waals surface area (Å²) in [6, 6.07) is 5.78. The van der Waals surface area contributed by atoms with Crippen LogP contribution in [0.25, 0.3) is 0 Å². The molecule has 2 N–H and O–H groups in total. The Morgan fingerprint density at radius 3 is 2.76 bits per heavy atom. The van der Waals surface area contributed by atoms with E-state index in [0.717, 1.165) is 0 Å². The smallest absolute Gasteiger partial charge is 0.313 e. The average molecular weight is 314 g/mol. The number of para-hydroxylation sites is 2. The standard InChI is InChI=1S/C12H14N2O6S/c15-11(13-5-6-21-8-12(16)17)7-20-10-4-2-1-3-9(10)14(18)19/h1-4H,5-8H2,(H,13,15)(H,16,17). The molecule has 1 aromatic rings. The summed E-state index contributed by atoms with van der Waals surface area (Å²) in [6.45, 7) is -0.0362. The third-order valence-electron chi connectivity index (χ3n) is 2.21. The molecule has 0 aromatic heterocycles. The van der Waals surface area contributed by atoms with Gasteiger partial charge in [0.1, 0.15) is 0 Å². The van der Waals surface area contributed by atoms with Crippen molar-refractivity contribution in [1.82, 2.24) is 5.32 Å². The Hall–Kier alpha value is -2.29. The molecule has 0 atom stereocenters. The fraction of sp³-hybridized carbons (Fsp3) is 0.333. The van der Waals surface area contributed by atoms with E-state index in [1.807, 2.05) is 0 Å². The number of rotatable bonds is 9. The summed E-state index contributed by atoms with van der Waals surface area (Å²) in [5, 5.41) is 21.7. The molecule has 0 spiro atoms. The highest BCUT2D eigenvalue weighted by Gasteiger charge is 2.14. The van der Waals surface area contributed by atoms with E-state index in [2.05, 4.69) is 5.32 Å². The van der Waals surface area contributed by atoms with Crippen LogP contribution in [0.4, 0.5) is 5.69 Å². The van der Waals surface area contributed by atoms with Crippen LogP contribution in [0.1, 0.15) is 0 Å². The summed E-state index contributed by atoms with van der Waals surface area (Å²) >= 11 is 1.18. The Morgan fingerprint density at radius 2 is 2.10 bits per heavy atom. The van der Waals surface area contributed by atoms with Crippen molar-refractivity contribution in [2.45, 2.75) is 0 Å². The number of thioether (sulfide) groups is 1. The molecule has 0 aliphatic heterocycles. The number of carbonyl (C=O) groups is 2. The van der Waals surface area contributed by atoms with Gasteiger partial charge in [0.25, 0.3) is 5.91 Å². The number of hydrogen-bond donors (Lipinski definition) is 2. The number of nitrogens with one attached hydrogen (secondary N) is 1. The minimum Gasteiger partial charge on any atom is -0.481 e. The molecule has 0 saturated carbocycles. The zero-order valence-corrected chi connectivity index (χ0v) is 11.8. The zero-order valence-electron chi connectivity index (χ0n) is 11.0. The summed E-state index contributed by atoms with van der Waals surface area (Å²) in [6.07, 6.45) is 0. The van der Waals surface area contributed by atoms with Crippen LogP contribution in [0.15, 0.2) is 24.3 Å². The minimum absolute atomic E-state index is 0.0252. The van der Waals surface area contributed by atoms with E-state index in [0.29, 0.717) is 12.3 Å². The van der Waals surface area contributed by atoms with E-state index in [4.69, 9.17) is 9.84 Å². The second kappa shape index (κ2) is 8.80. The molecule has 0 radical (unpaired) electrons. The van der Waals surface area contributed by atoms with Crippen LogP contribution in [-0.2, 0) is 9.59 Å². The predicted octanol–water partition coefficient (Wildman–Crippen LogP) is 0.908. The zero-order chi connectivity index (χ0) is 15.7. The number of aliphatic carboxylic acids is 1. The van der Waals surface area contributed by atoms with Gasteiger partial charge >= 0.3 is 11.7 Å². The molecule has 0 aliphatic carbocycles. The van der Waals surface area contributed by atoms with Gasteiger partial charge < -0.3 is 15.2 Å². The molecule has 1 rings (SSSR count). The molecule has 0 bridgehead atoms. The number of ether oxygens (including phenoxy) is 1. The molecule has 0 aliphatic rings. The molecule has 0 fully saturated rings. The first-order valence-electron chi connectivity index (χ1n) is 5.93. The van der Waals surface area contributed by atoms with Gasteiger partial charge in [0.2, 0.25) is 0 Å². The van der Waals surface area contributed by atoms with Crippen molar-refractivity contribution < 1.29 is 24.4 Å². The number of nitro groups is 1. The third-order valence-corrected chi connectivity index (χ3v) is 3.16. The molecule has 9 heteroatoms. The van der Waals surface area contributed by atoms with Crippen LogP contribution in [0, 0.1) is 10.1 Å². The van der Waals surface area contributed by atoms with E-state index < -0.39 is 16.8 Å². The van der Waals surface area contributed by atoms with E-state index in [-0.39, 0.29) is 23.8 Å². The molecule has 21 heavy (non-hydrogen) atoms. The van der Waals surface area contributed by atoms with Gasteiger partial charge in [0.15, 0.2) is 12.4 Å². The van der Waals surface area contributed by atoms with E-state index in [9.17, 15) is 19.7 Å². The SMILES string of the molecule is O=C(O)CSCCNC(=O)COc1ccccc1[N+](=O)[O-]. The highest BCUT2D eigenvalue weighted by atomic mass is 32.2. The Morgan fingerprint density at radius 1 is 1.38 bits per heavy atom. The molecule has 0 unspecified atom stereocenters.